The number of nitrogens with one attached hydrogen (secondary N) is 1. The van der Waals surface area contributed by atoms with Crippen LogP contribution in [0.2, 0.25) is 0 Å². The lowest BCUT2D eigenvalue weighted by Gasteiger charge is -2.22. The summed E-state index contributed by atoms with van der Waals surface area (Å²) < 4.78 is 37.9. The highest BCUT2D eigenvalue weighted by molar-refractivity contribution is 5.60. The number of imidazole rings is 1. The van der Waals surface area contributed by atoms with Crippen LogP contribution >= 0.6 is 0 Å². The van der Waals surface area contributed by atoms with Crippen LogP contribution in [-0.2, 0) is 19.0 Å². The molecule has 0 bridgehead atoms. The fourth-order valence-electron chi connectivity index (χ4n) is 3.52. The first kappa shape index (κ1) is 18.7. The second-order valence-corrected chi connectivity index (χ2v) is 7.49. The van der Waals surface area contributed by atoms with Crippen molar-refractivity contribution < 1.29 is 13.2 Å². The standard InChI is InChI=1S/C22H22F3N3/c1-14-11-17(20-13-27-21(28-20)16-3-2-4-16)6-5-15(14)7-9-19-10-8-18(12-26-19)22(23,24)25/h5-6,8,10-13,16H,2-4,7,9H2,1H3,(H,27,28). The first-order valence-corrected chi connectivity index (χ1v) is 9.57. The summed E-state index contributed by atoms with van der Waals surface area (Å²) in [6, 6.07) is 8.84. The second-order valence-electron chi connectivity index (χ2n) is 7.49. The maximum atomic E-state index is 12.6. The molecule has 146 valence electrons. The Labute approximate surface area is 162 Å². The van der Waals surface area contributed by atoms with Gasteiger partial charge in [0.1, 0.15) is 5.82 Å². The maximum absolute atomic E-state index is 12.6. The van der Waals surface area contributed by atoms with E-state index < -0.39 is 11.7 Å². The molecule has 3 nitrogen and oxygen atoms in total. The summed E-state index contributed by atoms with van der Waals surface area (Å²) in [5.41, 5.74) is 4.41. The second kappa shape index (κ2) is 7.41. The summed E-state index contributed by atoms with van der Waals surface area (Å²) in [4.78, 5) is 11.9. The summed E-state index contributed by atoms with van der Waals surface area (Å²) in [6.07, 6.45) is 3.50. The summed E-state index contributed by atoms with van der Waals surface area (Å²) in [5, 5.41) is 0. The van der Waals surface area contributed by atoms with Crippen molar-refractivity contribution in [3.8, 4) is 11.3 Å². The third-order valence-electron chi connectivity index (χ3n) is 5.54. The largest absolute Gasteiger partial charge is 0.417 e. The molecule has 28 heavy (non-hydrogen) atoms. The minimum Gasteiger partial charge on any atom is -0.342 e. The molecule has 0 unspecified atom stereocenters. The van der Waals surface area contributed by atoms with Crippen molar-refractivity contribution in [1.29, 1.82) is 0 Å². The Morgan fingerprint density at radius 2 is 1.86 bits per heavy atom. The molecular formula is C22H22F3N3. The average molecular weight is 385 g/mol. The smallest absolute Gasteiger partial charge is 0.342 e. The number of aromatic amines is 1. The van der Waals surface area contributed by atoms with Gasteiger partial charge in [0, 0.05) is 17.8 Å². The van der Waals surface area contributed by atoms with Crippen molar-refractivity contribution in [2.24, 2.45) is 0 Å². The molecule has 1 aliphatic carbocycles. The predicted octanol–water partition coefficient (Wildman–Crippen LogP) is 5.85. The van der Waals surface area contributed by atoms with Gasteiger partial charge in [-0.1, -0.05) is 18.6 Å². The van der Waals surface area contributed by atoms with Crippen molar-refractivity contribution in [3.05, 3.63) is 70.9 Å². The van der Waals surface area contributed by atoms with Crippen LogP contribution in [0.1, 0.15) is 53.4 Å². The highest BCUT2D eigenvalue weighted by atomic mass is 19.4. The third-order valence-corrected chi connectivity index (χ3v) is 5.54. The van der Waals surface area contributed by atoms with Gasteiger partial charge in [0.15, 0.2) is 0 Å². The molecule has 0 spiro atoms. The minimum absolute atomic E-state index is 0.574. The van der Waals surface area contributed by atoms with Gasteiger partial charge in [0.05, 0.1) is 17.5 Å². The number of hydrogen-bond donors (Lipinski definition) is 1. The van der Waals surface area contributed by atoms with Crippen molar-refractivity contribution >= 4 is 0 Å². The number of aromatic nitrogens is 3. The number of benzene rings is 1. The molecule has 1 fully saturated rings. The van der Waals surface area contributed by atoms with E-state index in [0.29, 0.717) is 18.0 Å². The van der Waals surface area contributed by atoms with Crippen LogP contribution < -0.4 is 0 Å². The van der Waals surface area contributed by atoms with Gasteiger partial charge in [-0.15, -0.1) is 0 Å². The molecular weight excluding hydrogens is 363 g/mol. The Morgan fingerprint density at radius 1 is 1.04 bits per heavy atom. The van der Waals surface area contributed by atoms with E-state index >= 15 is 0 Å². The number of H-pyrrole nitrogens is 1. The molecule has 1 aromatic carbocycles. The molecule has 1 N–H and O–H groups in total. The van der Waals surface area contributed by atoms with Crippen LogP contribution in [0.4, 0.5) is 13.2 Å². The topological polar surface area (TPSA) is 41.6 Å². The number of pyridine rings is 1. The monoisotopic (exact) mass is 385 g/mol. The Balaban J connectivity index is 1.42. The van der Waals surface area contributed by atoms with Crippen LogP contribution in [0.25, 0.3) is 11.3 Å². The average Bonchev–Trinajstić information content (AvgIpc) is 3.08. The number of aryl methyl sites for hydroxylation is 3. The summed E-state index contributed by atoms with van der Waals surface area (Å²) >= 11 is 0. The Morgan fingerprint density at radius 3 is 2.46 bits per heavy atom. The normalized spacial score (nSPS) is 14.9. The molecule has 0 saturated heterocycles. The highest BCUT2D eigenvalue weighted by Crippen LogP contribution is 2.35. The van der Waals surface area contributed by atoms with Gasteiger partial charge in [-0.05, 0) is 67.5 Å². The maximum Gasteiger partial charge on any atom is 0.417 e. The first-order chi connectivity index (χ1) is 13.4. The van der Waals surface area contributed by atoms with E-state index in [1.807, 2.05) is 6.20 Å². The fourth-order valence-corrected chi connectivity index (χ4v) is 3.52. The Kier molecular flexibility index (Phi) is 4.96. The molecule has 1 saturated carbocycles. The molecule has 3 aromatic rings. The summed E-state index contributed by atoms with van der Waals surface area (Å²) in [5.74, 6) is 1.65. The first-order valence-electron chi connectivity index (χ1n) is 9.57. The van der Waals surface area contributed by atoms with Gasteiger partial charge >= 0.3 is 6.18 Å². The van der Waals surface area contributed by atoms with Crippen LogP contribution in [0.15, 0.2) is 42.7 Å². The van der Waals surface area contributed by atoms with Gasteiger partial charge in [-0.3, -0.25) is 4.98 Å². The van der Waals surface area contributed by atoms with Gasteiger partial charge in [-0.2, -0.15) is 13.2 Å². The SMILES string of the molecule is Cc1cc(-c2cnc(C3CCC3)[nH]2)ccc1CCc1ccc(C(F)(F)F)cn1. The highest BCUT2D eigenvalue weighted by Gasteiger charge is 2.30. The molecule has 2 heterocycles. The van der Waals surface area contributed by atoms with Crippen LogP contribution in [0.3, 0.4) is 0 Å². The van der Waals surface area contributed by atoms with E-state index in [1.54, 1.807) is 0 Å². The van der Waals surface area contributed by atoms with Crippen molar-refractivity contribution in [2.75, 3.05) is 0 Å². The number of halogens is 3. The predicted molar refractivity (Wildman–Crippen MR) is 102 cm³/mol. The Hall–Kier alpha value is -2.63. The Bertz CT molecular complexity index is 954. The number of alkyl halides is 3. The zero-order valence-electron chi connectivity index (χ0n) is 15.7. The zero-order valence-corrected chi connectivity index (χ0v) is 15.7. The van der Waals surface area contributed by atoms with E-state index in [9.17, 15) is 13.2 Å². The number of hydrogen-bond acceptors (Lipinski definition) is 2. The van der Waals surface area contributed by atoms with Crippen molar-refractivity contribution in [2.45, 2.75) is 51.1 Å². The molecule has 4 rings (SSSR count). The third kappa shape index (κ3) is 3.96. The van der Waals surface area contributed by atoms with Gasteiger partial charge in [-0.25, -0.2) is 4.98 Å². The molecule has 1 aliphatic rings. The van der Waals surface area contributed by atoms with Gasteiger partial charge in [0.2, 0.25) is 0 Å². The molecule has 0 aliphatic heterocycles. The molecule has 0 radical (unpaired) electrons. The van der Waals surface area contributed by atoms with Crippen molar-refractivity contribution in [3.63, 3.8) is 0 Å². The molecule has 0 atom stereocenters. The summed E-state index contributed by atoms with van der Waals surface area (Å²) in [7, 11) is 0. The van der Waals surface area contributed by atoms with Gasteiger partial charge in [0.25, 0.3) is 0 Å². The molecule has 2 aromatic heterocycles. The van der Waals surface area contributed by atoms with Gasteiger partial charge < -0.3 is 4.98 Å². The minimum atomic E-state index is -4.34. The lowest BCUT2D eigenvalue weighted by molar-refractivity contribution is -0.137. The van der Waals surface area contributed by atoms with E-state index in [0.717, 1.165) is 41.3 Å². The van der Waals surface area contributed by atoms with E-state index in [-0.39, 0.29) is 0 Å². The lowest BCUT2D eigenvalue weighted by Crippen LogP contribution is -2.10. The molecule has 6 heteroatoms. The quantitative estimate of drug-likeness (QED) is 0.598. The molecule has 0 amide bonds. The number of nitrogens with zero attached hydrogens (tertiary/aromatic N) is 2. The van der Waals surface area contributed by atoms with Crippen LogP contribution in [0, 0.1) is 6.92 Å². The zero-order chi connectivity index (χ0) is 19.7. The van der Waals surface area contributed by atoms with E-state index in [1.165, 1.54) is 30.9 Å². The number of rotatable bonds is 5. The lowest BCUT2D eigenvalue weighted by atomic mass is 9.85. The van der Waals surface area contributed by atoms with Crippen LogP contribution in [0.5, 0.6) is 0 Å². The fraction of sp³-hybridized carbons (Fsp3) is 0.364. The van der Waals surface area contributed by atoms with Crippen LogP contribution in [-0.4, -0.2) is 15.0 Å². The van der Waals surface area contributed by atoms with E-state index in [4.69, 9.17) is 0 Å². The van der Waals surface area contributed by atoms with Crippen molar-refractivity contribution in [1.82, 2.24) is 15.0 Å². The van der Waals surface area contributed by atoms with E-state index in [2.05, 4.69) is 40.1 Å². The summed E-state index contributed by atoms with van der Waals surface area (Å²) in [6.45, 7) is 2.06.